The summed E-state index contributed by atoms with van der Waals surface area (Å²) in [5, 5.41) is 22.2. The number of benzene rings is 1. The first-order chi connectivity index (χ1) is 9.58. The fraction of sp³-hybridized carbons (Fsp3) is 0.333. The van der Waals surface area contributed by atoms with Gasteiger partial charge in [-0.2, -0.15) is 0 Å². The molecule has 0 bridgehead atoms. The first-order valence-electron chi connectivity index (χ1n) is 6.29. The molecule has 20 heavy (non-hydrogen) atoms. The summed E-state index contributed by atoms with van der Waals surface area (Å²) < 4.78 is 1.86. The van der Waals surface area contributed by atoms with E-state index in [1.54, 1.807) is 6.07 Å². The summed E-state index contributed by atoms with van der Waals surface area (Å²) >= 11 is 0. The molecule has 8 nitrogen and oxygen atoms in total. The van der Waals surface area contributed by atoms with E-state index in [4.69, 9.17) is 5.73 Å². The van der Waals surface area contributed by atoms with Crippen molar-refractivity contribution >= 4 is 17.3 Å². The molecular weight excluding hydrogens is 260 g/mol. The Hall–Kier alpha value is -2.64. The van der Waals surface area contributed by atoms with Crippen molar-refractivity contribution < 1.29 is 4.92 Å². The standard InChI is InChI=1S/C12H16N6O2/c1-3-14-12-16-15-11(17(12)4-2)8-5-6-9(13)10(7-8)18(19)20/h5-7H,3-4,13H2,1-2H3,(H,14,16). The number of nitrogens with zero attached hydrogens (tertiary/aromatic N) is 4. The number of aromatic nitrogens is 3. The molecule has 1 aromatic heterocycles. The lowest BCUT2D eigenvalue weighted by molar-refractivity contribution is -0.383. The van der Waals surface area contributed by atoms with Crippen LogP contribution in [-0.2, 0) is 6.54 Å². The van der Waals surface area contributed by atoms with Gasteiger partial charge in [0.05, 0.1) is 4.92 Å². The van der Waals surface area contributed by atoms with Gasteiger partial charge in [-0.1, -0.05) is 0 Å². The third kappa shape index (κ3) is 2.40. The first-order valence-corrected chi connectivity index (χ1v) is 6.29. The SMILES string of the molecule is CCNc1nnc(-c2ccc(N)c([N+](=O)[O-])c2)n1CC. The fourth-order valence-electron chi connectivity index (χ4n) is 1.95. The van der Waals surface area contributed by atoms with Crippen LogP contribution in [0.25, 0.3) is 11.4 Å². The highest BCUT2D eigenvalue weighted by Crippen LogP contribution is 2.28. The quantitative estimate of drug-likeness (QED) is 0.490. The maximum atomic E-state index is 10.9. The summed E-state index contributed by atoms with van der Waals surface area (Å²) in [4.78, 5) is 10.4. The van der Waals surface area contributed by atoms with Gasteiger partial charge in [-0.3, -0.25) is 14.7 Å². The Balaban J connectivity index is 2.51. The van der Waals surface area contributed by atoms with E-state index in [0.29, 0.717) is 23.9 Å². The minimum absolute atomic E-state index is 0.127. The molecule has 0 saturated carbocycles. The van der Waals surface area contributed by atoms with Crippen LogP contribution in [0.5, 0.6) is 0 Å². The van der Waals surface area contributed by atoms with E-state index in [2.05, 4.69) is 15.5 Å². The summed E-state index contributed by atoms with van der Waals surface area (Å²) in [5.74, 6) is 1.22. The Labute approximate surface area is 115 Å². The van der Waals surface area contributed by atoms with Crippen molar-refractivity contribution in [1.29, 1.82) is 0 Å². The molecule has 0 fully saturated rings. The number of nitrogens with one attached hydrogen (secondary N) is 1. The van der Waals surface area contributed by atoms with Gasteiger partial charge in [0.25, 0.3) is 5.69 Å². The van der Waals surface area contributed by atoms with E-state index in [0.717, 1.165) is 6.54 Å². The van der Waals surface area contributed by atoms with Gasteiger partial charge in [-0.15, -0.1) is 10.2 Å². The second kappa shape index (κ2) is 5.55. The van der Waals surface area contributed by atoms with E-state index in [1.165, 1.54) is 12.1 Å². The van der Waals surface area contributed by atoms with Gasteiger partial charge >= 0.3 is 0 Å². The summed E-state index contributed by atoms with van der Waals surface area (Å²) in [7, 11) is 0. The predicted octanol–water partition coefficient (Wildman–Crippen LogP) is 1.89. The zero-order valence-electron chi connectivity index (χ0n) is 11.3. The van der Waals surface area contributed by atoms with Gasteiger partial charge in [0, 0.05) is 24.7 Å². The van der Waals surface area contributed by atoms with E-state index in [1.807, 2.05) is 18.4 Å². The fourth-order valence-corrected chi connectivity index (χ4v) is 1.95. The lowest BCUT2D eigenvalue weighted by Crippen LogP contribution is -2.07. The molecule has 106 valence electrons. The van der Waals surface area contributed by atoms with Gasteiger partial charge < -0.3 is 11.1 Å². The molecule has 2 rings (SSSR count). The maximum absolute atomic E-state index is 10.9. The maximum Gasteiger partial charge on any atom is 0.292 e. The Morgan fingerprint density at radius 3 is 2.75 bits per heavy atom. The smallest absolute Gasteiger partial charge is 0.292 e. The molecule has 0 amide bonds. The molecule has 0 saturated heterocycles. The van der Waals surface area contributed by atoms with Crippen molar-refractivity contribution in [1.82, 2.24) is 14.8 Å². The largest absolute Gasteiger partial charge is 0.393 e. The van der Waals surface area contributed by atoms with E-state index < -0.39 is 4.92 Å². The zero-order chi connectivity index (χ0) is 14.7. The Morgan fingerprint density at radius 2 is 2.15 bits per heavy atom. The van der Waals surface area contributed by atoms with Crippen molar-refractivity contribution in [2.24, 2.45) is 0 Å². The van der Waals surface area contributed by atoms with E-state index in [9.17, 15) is 10.1 Å². The predicted molar refractivity (Wildman–Crippen MR) is 76.4 cm³/mol. The zero-order valence-corrected chi connectivity index (χ0v) is 11.3. The van der Waals surface area contributed by atoms with Crippen molar-refractivity contribution in [3.63, 3.8) is 0 Å². The third-order valence-corrected chi connectivity index (χ3v) is 2.89. The molecule has 0 aliphatic heterocycles. The monoisotopic (exact) mass is 276 g/mol. The van der Waals surface area contributed by atoms with E-state index in [-0.39, 0.29) is 11.4 Å². The molecule has 1 heterocycles. The topological polar surface area (TPSA) is 112 Å². The van der Waals surface area contributed by atoms with Crippen molar-refractivity contribution in [2.75, 3.05) is 17.6 Å². The average molecular weight is 276 g/mol. The van der Waals surface area contributed by atoms with Crippen LogP contribution in [0.15, 0.2) is 18.2 Å². The molecular formula is C12H16N6O2. The highest BCUT2D eigenvalue weighted by molar-refractivity contribution is 5.69. The highest BCUT2D eigenvalue weighted by atomic mass is 16.6. The molecule has 0 spiro atoms. The number of hydrogen-bond acceptors (Lipinski definition) is 6. The number of nitrogen functional groups attached to an aromatic ring is 1. The van der Waals surface area contributed by atoms with Crippen molar-refractivity contribution in [3.05, 3.63) is 28.3 Å². The van der Waals surface area contributed by atoms with Crippen LogP contribution in [0.1, 0.15) is 13.8 Å². The Morgan fingerprint density at radius 1 is 1.40 bits per heavy atom. The van der Waals surface area contributed by atoms with Crippen LogP contribution in [0.4, 0.5) is 17.3 Å². The summed E-state index contributed by atoms with van der Waals surface area (Å²) in [5.41, 5.74) is 6.22. The molecule has 2 aromatic rings. The second-order valence-electron chi connectivity index (χ2n) is 4.15. The van der Waals surface area contributed by atoms with Gasteiger partial charge in [0.2, 0.25) is 5.95 Å². The number of nitro groups is 1. The lowest BCUT2D eigenvalue weighted by atomic mass is 10.1. The van der Waals surface area contributed by atoms with Crippen LogP contribution in [-0.4, -0.2) is 26.2 Å². The Kier molecular flexibility index (Phi) is 3.83. The molecule has 8 heteroatoms. The number of nitro benzene ring substituents is 1. The minimum atomic E-state index is -0.503. The van der Waals surface area contributed by atoms with Crippen LogP contribution < -0.4 is 11.1 Å². The molecule has 0 aliphatic carbocycles. The molecule has 1 aromatic carbocycles. The summed E-state index contributed by atoms with van der Waals surface area (Å²) in [6.07, 6.45) is 0. The summed E-state index contributed by atoms with van der Waals surface area (Å²) in [6.45, 7) is 5.30. The van der Waals surface area contributed by atoms with Gasteiger partial charge in [0.1, 0.15) is 5.69 Å². The first kappa shape index (κ1) is 13.8. The van der Waals surface area contributed by atoms with Crippen LogP contribution >= 0.6 is 0 Å². The normalized spacial score (nSPS) is 10.5. The van der Waals surface area contributed by atoms with Gasteiger partial charge in [-0.25, -0.2) is 0 Å². The van der Waals surface area contributed by atoms with Crippen LogP contribution in [0, 0.1) is 10.1 Å². The number of hydrogen-bond donors (Lipinski definition) is 2. The molecule has 3 N–H and O–H groups in total. The van der Waals surface area contributed by atoms with Crippen LogP contribution in [0.2, 0.25) is 0 Å². The molecule has 0 aliphatic rings. The number of anilines is 2. The number of rotatable bonds is 5. The Bertz CT molecular complexity index is 637. The van der Waals surface area contributed by atoms with Gasteiger partial charge in [-0.05, 0) is 26.0 Å². The second-order valence-corrected chi connectivity index (χ2v) is 4.15. The van der Waals surface area contributed by atoms with Crippen LogP contribution in [0.3, 0.4) is 0 Å². The molecule has 0 radical (unpaired) electrons. The van der Waals surface area contributed by atoms with Crippen molar-refractivity contribution in [2.45, 2.75) is 20.4 Å². The molecule has 0 atom stereocenters. The molecule has 0 unspecified atom stereocenters. The highest BCUT2D eigenvalue weighted by Gasteiger charge is 2.17. The van der Waals surface area contributed by atoms with Gasteiger partial charge in [0.15, 0.2) is 5.82 Å². The lowest BCUT2D eigenvalue weighted by Gasteiger charge is -2.08. The average Bonchev–Trinajstić information content (AvgIpc) is 2.82. The number of nitrogens with two attached hydrogens (primary N) is 1. The van der Waals surface area contributed by atoms with Crippen molar-refractivity contribution in [3.8, 4) is 11.4 Å². The van der Waals surface area contributed by atoms with E-state index >= 15 is 0 Å². The minimum Gasteiger partial charge on any atom is -0.393 e. The summed E-state index contributed by atoms with van der Waals surface area (Å²) in [6, 6.07) is 4.63. The third-order valence-electron chi connectivity index (χ3n) is 2.89.